The summed E-state index contributed by atoms with van der Waals surface area (Å²) in [6.07, 6.45) is 0. The monoisotopic (exact) mass is 419 g/mol. The van der Waals surface area contributed by atoms with Crippen LogP contribution in [0.2, 0.25) is 0 Å². The van der Waals surface area contributed by atoms with Crippen molar-refractivity contribution in [1.29, 1.82) is 0 Å². The summed E-state index contributed by atoms with van der Waals surface area (Å²) < 4.78 is 38.3. The van der Waals surface area contributed by atoms with E-state index in [9.17, 15) is 13.2 Å². The molecule has 2 aromatic rings. The number of nitrogens with zero attached hydrogens (tertiary/aromatic N) is 2. The number of hydrogen-bond donors (Lipinski definition) is 1. The topological polar surface area (TPSA) is 88.2 Å². The van der Waals surface area contributed by atoms with Gasteiger partial charge in [-0.05, 0) is 30.3 Å². The first kappa shape index (κ1) is 20.9. The maximum absolute atomic E-state index is 13.1. The van der Waals surface area contributed by atoms with Gasteiger partial charge in [0.05, 0.1) is 30.4 Å². The zero-order valence-corrected chi connectivity index (χ0v) is 17.5. The molecular weight excluding hydrogens is 394 g/mol. The largest absolute Gasteiger partial charge is 0.496 e. The first-order valence-electron chi connectivity index (χ1n) is 9.20. The molecule has 1 aliphatic rings. The predicted octanol–water partition coefficient (Wildman–Crippen LogP) is 1.57. The fourth-order valence-electron chi connectivity index (χ4n) is 3.37. The SMILES string of the molecule is CNC(=O)c1cc(S(=O)(=O)N2CCN(c3ccccc3OC)CC2)ccc1OC. The van der Waals surface area contributed by atoms with Crippen molar-refractivity contribution in [2.75, 3.05) is 52.3 Å². The maximum atomic E-state index is 13.1. The fraction of sp³-hybridized carbons (Fsp3) is 0.350. The Morgan fingerprint density at radius 1 is 0.966 bits per heavy atom. The van der Waals surface area contributed by atoms with Gasteiger partial charge in [0.1, 0.15) is 11.5 Å². The summed E-state index contributed by atoms with van der Waals surface area (Å²) in [7, 11) is 0.809. The Labute approximate surface area is 171 Å². The lowest BCUT2D eigenvalue weighted by Gasteiger charge is -2.36. The van der Waals surface area contributed by atoms with Gasteiger partial charge in [0.25, 0.3) is 5.91 Å². The van der Waals surface area contributed by atoms with E-state index in [0.29, 0.717) is 31.9 Å². The quantitative estimate of drug-likeness (QED) is 0.765. The Balaban J connectivity index is 1.81. The summed E-state index contributed by atoms with van der Waals surface area (Å²) in [5.41, 5.74) is 1.13. The molecule has 0 saturated carbocycles. The van der Waals surface area contributed by atoms with Gasteiger partial charge in [0, 0.05) is 33.2 Å². The molecule has 1 aliphatic heterocycles. The highest BCUT2D eigenvalue weighted by Crippen LogP contribution is 2.30. The van der Waals surface area contributed by atoms with Crippen LogP contribution in [0.4, 0.5) is 5.69 Å². The zero-order valence-electron chi connectivity index (χ0n) is 16.7. The average molecular weight is 420 g/mol. The summed E-state index contributed by atoms with van der Waals surface area (Å²) in [6, 6.07) is 12.0. The maximum Gasteiger partial charge on any atom is 0.254 e. The number of anilines is 1. The van der Waals surface area contributed by atoms with Crippen LogP contribution in [0.15, 0.2) is 47.4 Å². The lowest BCUT2D eigenvalue weighted by molar-refractivity contribution is 0.0960. The van der Waals surface area contributed by atoms with Crippen molar-refractivity contribution in [3.8, 4) is 11.5 Å². The highest BCUT2D eigenvalue weighted by molar-refractivity contribution is 7.89. The van der Waals surface area contributed by atoms with Gasteiger partial charge in [-0.1, -0.05) is 12.1 Å². The van der Waals surface area contributed by atoms with Crippen LogP contribution in [0.25, 0.3) is 0 Å². The summed E-state index contributed by atoms with van der Waals surface area (Å²) in [5.74, 6) is 0.679. The first-order valence-corrected chi connectivity index (χ1v) is 10.6. The lowest BCUT2D eigenvalue weighted by Crippen LogP contribution is -2.48. The van der Waals surface area contributed by atoms with Crippen molar-refractivity contribution in [1.82, 2.24) is 9.62 Å². The molecule has 0 atom stereocenters. The Bertz CT molecular complexity index is 985. The minimum absolute atomic E-state index is 0.0719. The normalized spacial score (nSPS) is 15.1. The van der Waals surface area contributed by atoms with Crippen LogP contribution >= 0.6 is 0 Å². The molecule has 1 saturated heterocycles. The molecule has 1 heterocycles. The molecule has 8 nitrogen and oxygen atoms in total. The van der Waals surface area contributed by atoms with Gasteiger partial charge in [0.2, 0.25) is 10.0 Å². The summed E-state index contributed by atoms with van der Waals surface area (Å²) >= 11 is 0. The molecule has 0 spiro atoms. The zero-order chi connectivity index (χ0) is 21.0. The van der Waals surface area contributed by atoms with E-state index < -0.39 is 15.9 Å². The smallest absolute Gasteiger partial charge is 0.254 e. The number of ether oxygens (including phenoxy) is 2. The van der Waals surface area contributed by atoms with E-state index in [0.717, 1.165) is 11.4 Å². The van der Waals surface area contributed by atoms with E-state index in [1.54, 1.807) is 7.11 Å². The number of hydrogen-bond acceptors (Lipinski definition) is 6. The molecule has 0 aliphatic carbocycles. The van der Waals surface area contributed by atoms with Gasteiger partial charge in [0.15, 0.2) is 0 Å². The van der Waals surface area contributed by atoms with Crippen molar-refractivity contribution in [2.24, 2.45) is 0 Å². The molecule has 29 heavy (non-hydrogen) atoms. The van der Waals surface area contributed by atoms with Gasteiger partial charge in [-0.2, -0.15) is 4.31 Å². The fourth-order valence-corrected chi connectivity index (χ4v) is 4.82. The van der Waals surface area contributed by atoms with Gasteiger partial charge in [-0.15, -0.1) is 0 Å². The first-order chi connectivity index (χ1) is 13.9. The third-order valence-electron chi connectivity index (χ3n) is 4.94. The number of piperazine rings is 1. The number of nitrogens with one attached hydrogen (secondary N) is 1. The van der Waals surface area contributed by atoms with E-state index in [4.69, 9.17) is 9.47 Å². The Hall–Kier alpha value is -2.78. The number of sulfonamides is 1. The van der Waals surface area contributed by atoms with Gasteiger partial charge >= 0.3 is 0 Å². The van der Waals surface area contributed by atoms with E-state index in [2.05, 4.69) is 10.2 Å². The van der Waals surface area contributed by atoms with Crippen LogP contribution in [-0.2, 0) is 10.0 Å². The van der Waals surface area contributed by atoms with Gasteiger partial charge < -0.3 is 19.7 Å². The Morgan fingerprint density at radius 2 is 1.62 bits per heavy atom. The standard InChI is InChI=1S/C20H25N3O5S/c1-21-20(24)16-14-15(8-9-18(16)27-2)29(25,26)23-12-10-22(11-13-23)17-6-4-5-7-19(17)28-3/h4-9,14H,10-13H2,1-3H3,(H,21,24). The Kier molecular flexibility index (Phi) is 6.29. The van der Waals surface area contributed by atoms with Crippen LogP contribution in [0.5, 0.6) is 11.5 Å². The highest BCUT2D eigenvalue weighted by Gasteiger charge is 2.30. The molecule has 1 N–H and O–H groups in total. The van der Waals surface area contributed by atoms with Crippen molar-refractivity contribution < 1.29 is 22.7 Å². The number of carbonyl (C=O) groups excluding carboxylic acids is 1. The molecule has 156 valence electrons. The number of rotatable bonds is 6. The lowest BCUT2D eigenvalue weighted by atomic mass is 10.2. The third kappa shape index (κ3) is 4.15. The molecule has 0 bridgehead atoms. The van der Waals surface area contributed by atoms with Crippen molar-refractivity contribution in [3.63, 3.8) is 0 Å². The summed E-state index contributed by atoms with van der Waals surface area (Å²) in [5, 5.41) is 2.50. The average Bonchev–Trinajstić information content (AvgIpc) is 2.78. The number of amides is 1. The second-order valence-electron chi connectivity index (χ2n) is 6.50. The van der Waals surface area contributed by atoms with Crippen LogP contribution < -0.4 is 19.7 Å². The summed E-state index contributed by atoms with van der Waals surface area (Å²) in [6.45, 7) is 1.75. The number of carbonyl (C=O) groups is 1. The van der Waals surface area contributed by atoms with Gasteiger partial charge in [-0.25, -0.2) is 8.42 Å². The molecule has 1 amide bonds. The molecule has 0 radical (unpaired) electrons. The molecule has 1 fully saturated rings. The van der Waals surface area contributed by atoms with E-state index in [1.807, 2.05) is 24.3 Å². The third-order valence-corrected chi connectivity index (χ3v) is 6.84. The minimum Gasteiger partial charge on any atom is -0.496 e. The predicted molar refractivity (Wildman–Crippen MR) is 110 cm³/mol. The highest BCUT2D eigenvalue weighted by atomic mass is 32.2. The van der Waals surface area contributed by atoms with E-state index in [1.165, 1.54) is 36.7 Å². The van der Waals surface area contributed by atoms with Crippen LogP contribution in [0, 0.1) is 0 Å². The van der Waals surface area contributed by atoms with Crippen molar-refractivity contribution >= 4 is 21.6 Å². The molecule has 2 aromatic carbocycles. The molecular formula is C20H25N3O5S. The van der Waals surface area contributed by atoms with Crippen LogP contribution in [-0.4, -0.2) is 66.1 Å². The number of para-hydroxylation sites is 2. The molecule has 0 unspecified atom stereocenters. The molecule has 9 heteroatoms. The van der Waals surface area contributed by atoms with Crippen LogP contribution in [0.3, 0.4) is 0 Å². The second kappa shape index (κ2) is 8.71. The van der Waals surface area contributed by atoms with Gasteiger partial charge in [-0.3, -0.25) is 4.79 Å². The molecule has 0 aromatic heterocycles. The minimum atomic E-state index is -3.73. The van der Waals surface area contributed by atoms with Crippen molar-refractivity contribution in [3.05, 3.63) is 48.0 Å². The van der Waals surface area contributed by atoms with Crippen LogP contribution in [0.1, 0.15) is 10.4 Å². The number of methoxy groups -OCH3 is 2. The molecule has 3 rings (SSSR count). The second-order valence-corrected chi connectivity index (χ2v) is 8.44. The van der Waals surface area contributed by atoms with Crippen molar-refractivity contribution in [2.45, 2.75) is 4.90 Å². The van der Waals surface area contributed by atoms with E-state index >= 15 is 0 Å². The Morgan fingerprint density at radius 3 is 2.24 bits per heavy atom. The van der Waals surface area contributed by atoms with E-state index in [-0.39, 0.29) is 10.5 Å². The number of benzene rings is 2. The summed E-state index contributed by atoms with van der Waals surface area (Å²) in [4.78, 5) is 14.3.